The second-order valence-corrected chi connectivity index (χ2v) is 12.6. The first-order valence-corrected chi connectivity index (χ1v) is 15.4. The predicted octanol–water partition coefficient (Wildman–Crippen LogP) is 9.15. The van der Waals surface area contributed by atoms with Gasteiger partial charge < -0.3 is 0 Å². The third-order valence-corrected chi connectivity index (χ3v) is 10.5. The molecule has 182 valence electrons. The molecular weight excluding hydrogens is 588 g/mol. The molecule has 0 N–H and O–H groups in total. The summed E-state index contributed by atoms with van der Waals surface area (Å²) in [5, 5.41) is 7.81. The zero-order valence-corrected chi connectivity index (χ0v) is 23.3. The Morgan fingerprint density at radius 2 is 0.949 bits per heavy atom. The average Bonchev–Trinajstić information content (AvgIpc) is 3.46. The van der Waals surface area contributed by atoms with Gasteiger partial charge in [-0.25, -0.2) is 0 Å². The first-order chi connectivity index (χ1) is 19.3. The third-order valence-electron chi connectivity index (χ3n) is 7.55. The van der Waals surface area contributed by atoms with Crippen molar-refractivity contribution in [1.82, 2.24) is 9.97 Å². The van der Waals surface area contributed by atoms with E-state index in [1.54, 1.807) is 0 Å². The summed E-state index contributed by atoms with van der Waals surface area (Å²) in [5.41, 5.74) is 7.13. The fraction of sp³-hybridized carbons (Fsp3) is 0. The Labute approximate surface area is 235 Å². The first-order valence-electron chi connectivity index (χ1n) is 13.1. The van der Waals surface area contributed by atoms with Crippen molar-refractivity contribution >= 4 is 61.8 Å². The van der Waals surface area contributed by atoms with Gasteiger partial charge in [-0.05, 0) is 5.39 Å². The second-order valence-electron chi connectivity index (χ2n) is 9.86. The van der Waals surface area contributed by atoms with E-state index in [-0.39, 0.29) is 0 Å². The van der Waals surface area contributed by atoms with Gasteiger partial charge in [0.1, 0.15) is 0 Å². The summed E-state index contributed by atoms with van der Waals surface area (Å²) in [5.74, 6) is 0. The summed E-state index contributed by atoms with van der Waals surface area (Å²) in [4.78, 5) is 9.47. The molecule has 39 heavy (non-hydrogen) atoms. The molecule has 0 amide bonds. The van der Waals surface area contributed by atoms with E-state index in [9.17, 15) is 0 Å². The Hall–Kier alpha value is -4.29. The fourth-order valence-electron chi connectivity index (χ4n) is 5.69. The summed E-state index contributed by atoms with van der Waals surface area (Å²) in [7, 11) is 0. The van der Waals surface area contributed by atoms with Gasteiger partial charge >= 0.3 is 189 Å². The summed E-state index contributed by atoms with van der Waals surface area (Å²) < 4.78 is 2.39. The molecule has 0 aliphatic heterocycles. The van der Waals surface area contributed by atoms with E-state index in [0.717, 1.165) is 5.52 Å². The molecule has 6 aromatic carbocycles. The maximum atomic E-state index is 4.91. The van der Waals surface area contributed by atoms with Gasteiger partial charge in [-0.15, -0.1) is 0 Å². The number of aromatic nitrogens is 2. The van der Waals surface area contributed by atoms with Gasteiger partial charge in [-0.1, -0.05) is 42.5 Å². The van der Waals surface area contributed by atoms with E-state index in [0.29, 0.717) is 0 Å². The van der Waals surface area contributed by atoms with E-state index in [2.05, 4.69) is 126 Å². The van der Waals surface area contributed by atoms with Crippen LogP contribution >= 0.6 is 0 Å². The van der Waals surface area contributed by atoms with Crippen LogP contribution in [0.3, 0.4) is 0 Å². The van der Waals surface area contributed by atoms with Gasteiger partial charge in [-0.3, -0.25) is 0 Å². The van der Waals surface area contributed by atoms with Crippen molar-refractivity contribution in [3.05, 3.63) is 134 Å². The summed E-state index contributed by atoms with van der Waals surface area (Å²) in [6.07, 6.45) is 1.88. The van der Waals surface area contributed by atoms with Crippen LogP contribution in [0, 0.1) is 0 Å². The van der Waals surface area contributed by atoms with Crippen LogP contribution in [0.25, 0.3) is 72.9 Å². The summed E-state index contributed by atoms with van der Waals surface area (Å²) in [6, 6.07) is 46.2. The number of nitrogens with zero attached hydrogens (tertiary/aromatic N) is 2. The zero-order chi connectivity index (χ0) is 25.8. The molecule has 3 heteroatoms. The molecule has 8 rings (SSSR count). The van der Waals surface area contributed by atoms with E-state index in [4.69, 9.17) is 4.98 Å². The van der Waals surface area contributed by atoms with Crippen molar-refractivity contribution < 1.29 is 0 Å². The minimum atomic E-state index is -0.561. The van der Waals surface area contributed by atoms with E-state index >= 15 is 0 Å². The van der Waals surface area contributed by atoms with E-state index in [1.165, 1.54) is 67.4 Å². The number of pyridine rings is 1. The van der Waals surface area contributed by atoms with E-state index < -0.39 is 20.4 Å². The normalized spacial score (nSPS) is 11.6. The molecule has 8 aromatic rings. The van der Waals surface area contributed by atoms with Crippen LogP contribution in [0.4, 0.5) is 0 Å². The van der Waals surface area contributed by atoms with Crippen molar-refractivity contribution in [2.75, 3.05) is 0 Å². The van der Waals surface area contributed by atoms with Crippen LogP contribution in [0.5, 0.6) is 0 Å². The molecule has 0 aliphatic rings. The zero-order valence-electron chi connectivity index (χ0n) is 21.0. The number of fused-ring (bicyclic) bond motifs is 7. The Morgan fingerprint density at radius 1 is 0.410 bits per heavy atom. The summed E-state index contributed by atoms with van der Waals surface area (Å²) >= 11 is -0.561. The molecule has 0 bridgehead atoms. The van der Waals surface area contributed by atoms with Crippen LogP contribution in [-0.2, 0) is 0 Å². The van der Waals surface area contributed by atoms with Crippen LogP contribution in [0.2, 0.25) is 0 Å². The standard InChI is InChI=1S/C36H22N2Te/c1-2-14-30-28(12-1)29-13-3-4-15-31(29)33-22-26(17-18-32(30)33)24-9-5-8-23(20-24)25-10-6-11-27(21-25)35-38-34-16-7-19-37-36(34)39-35/h1-22H. The minimum absolute atomic E-state index is 0.561. The molecule has 2 aromatic heterocycles. The first kappa shape index (κ1) is 22.7. The molecule has 2 heterocycles. The van der Waals surface area contributed by atoms with Crippen molar-refractivity contribution in [2.45, 2.75) is 0 Å². The average molecular weight is 610 g/mol. The predicted molar refractivity (Wildman–Crippen MR) is 165 cm³/mol. The Kier molecular flexibility index (Phi) is 5.33. The Balaban J connectivity index is 1.24. The van der Waals surface area contributed by atoms with Crippen LogP contribution in [-0.4, -0.2) is 30.4 Å². The third kappa shape index (κ3) is 3.86. The maximum absolute atomic E-state index is 4.91. The summed E-state index contributed by atoms with van der Waals surface area (Å²) in [6.45, 7) is 0. The SMILES string of the molecule is c1cc(-c2cccc(-c3nc4cccnc4[te]3)c2)cc(-c2ccc3c4ccccc4c4ccccc4c3c2)c1. The van der Waals surface area contributed by atoms with Gasteiger partial charge in [0.2, 0.25) is 0 Å². The second kappa shape index (κ2) is 9.17. The molecule has 0 radical (unpaired) electrons. The Morgan fingerprint density at radius 3 is 1.59 bits per heavy atom. The van der Waals surface area contributed by atoms with Gasteiger partial charge in [-0.2, -0.15) is 0 Å². The molecule has 0 saturated heterocycles. The van der Waals surface area contributed by atoms with Gasteiger partial charge in [0.15, 0.2) is 0 Å². The number of rotatable bonds is 3. The molecule has 0 aliphatic carbocycles. The van der Waals surface area contributed by atoms with Crippen LogP contribution < -0.4 is 0 Å². The van der Waals surface area contributed by atoms with Crippen LogP contribution in [0.15, 0.2) is 134 Å². The van der Waals surface area contributed by atoms with E-state index in [1.807, 2.05) is 12.3 Å². The molecule has 2 nitrogen and oxygen atoms in total. The quantitative estimate of drug-likeness (QED) is 0.147. The van der Waals surface area contributed by atoms with Crippen molar-refractivity contribution in [1.29, 1.82) is 0 Å². The van der Waals surface area contributed by atoms with Gasteiger partial charge in [0.05, 0.1) is 0 Å². The number of benzene rings is 6. The van der Waals surface area contributed by atoms with Crippen LogP contribution in [0.1, 0.15) is 0 Å². The molecular formula is C36H22N2Te. The topological polar surface area (TPSA) is 25.8 Å². The van der Waals surface area contributed by atoms with Crippen molar-refractivity contribution in [3.8, 4) is 31.5 Å². The van der Waals surface area contributed by atoms with Crippen molar-refractivity contribution in [2.24, 2.45) is 0 Å². The molecule has 0 unspecified atom stereocenters. The molecule has 0 atom stereocenters. The molecule has 0 fully saturated rings. The Bertz CT molecular complexity index is 2120. The fourth-order valence-corrected chi connectivity index (χ4v) is 8.27. The monoisotopic (exact) mass is 612 g/mol. The number of hydrogen-bond donors (Lipinski definition) is 0. The number of hydrogen-bond acceptors (Lipinski definition) is 2. The van der Waals surface area contributed by atoms with Gasteiger partial charge in [0.25, 0.3) is 0 Å². The van der Waals surface area contributed by atoms with Gasteiger partial charge in [0, 0.05) is 0 Å². The van der Waals surface area contributed by atoms with Crippen molar-refractivity contribution in [3.63, 3.8) is 0 Å². The molecule has 0 saturated carbocycles. The molecule has 0 spiro atoms.